The van der Waals surface area contributed by atoms with Crippen LogP contribution in [0.1, 0.15) is 38.6 Å². The van der Waals surface area contributed by atoms with Crippen LogP contribution < -0.4 is 16.0 Å². The van der Waals surface area contributed by atoms with Gasteiger partial charge in [-0.3, -0.25) is 4.79 Å². The predicted octanol–water partition coefficient (Wildman–Crippen LogP) is 7.94. The molecule has 1 amide bonds. The van der Waals surface area contributed by atoms with Crippen molar-refractivity contribution in [3.8, 4) is 0 Å². The molecule has 0 saturated heterocycles. The zero-order valence-electron chi connectivity index (χ0n) is 26.7. The third-order valence-corrected chi connectivity index (χ3v) is 8.60. The number of likely N-dealkylation sites (N-methyl/N-ethyl adjacent to an activating group) is 2. The van der Waals surface area contributed by atoms with Crippen molar-refractivity contribution in [2.24, 2.45) is 5.73 Å². The molecule has 0 bridgehead atoms. The maximum atomic E-state index is 15.9. The molecule has 0 saturated carbocycles. The van der Waals surface area contributed by atoms with Crippen LogP contribution in [0.3, 0.4) is 0 Å². The molecule has 0 aliphatic rings. The fraction of sp³-hybridized carbons (Fsp3) is 0.237. The summed E-state index contributed by atoms with van der Waals surface area (Å²) in [4.78, 5) is 16.4. The molecule has 46 heavy (non-hydrogen) atoms. The quantitative estimate of drug-likeness (QED) is 0.145. The molecule has 236 valence electrons. The molecular formula is C38H39FN4O3. The first-order valence-corrected chi connectivity index (χ1v) is 15.5. The third kappa shape index (κ3) is 6.14. The summed E-state index contributed by atoms with van der Waals surface area (Å²) in [5.41, 5.74) is 12.4. The van der Waals surface area contributed by atoms with E-state index < -0.39 is 11.7 Å². The Morgan fingerprint density at radius 2 is 1.61 bits per heavy atom. The minimum Gasteiger partial charge on any atom is -0.461 e. The predicted molar refractivity (Wildman–Crippen MR) is 183 cm³/mol. The number of aryl methyl sites for hydroxylation is 2. The Kier molecular flexibility index (Phi) is 8.92. The number of hydrogen-bond acceptors (Lipinski definition) is 6. The zero-order valence-corrected chi connectivity index (χ0v) is 26.7. The minimum absolute atomic E-state index is 0.214. The first-order valence-electron chi connectivity index (χ1n) is 15.5. The minimum atomic E-state index is -0.629. The Hall–Kier alpha value is -4.92. The van der Waals surface area contributed by atoms with E-state index in [1.54, 1.807) is 0 Å². The van der Waals surface area contributed by atoms with Crippen molar-refractivity contribution in [1.82, 2.24) is 10.2 Å². The molecule has 7 nitrogen and oxygen atoms in total. The first-order chi connectivity index (χ1) is 22.2. The molecular weight excluding hydrogens is 579 g/mol. The number of amides is 1. The molecule has 8 heteroatoms. The van der Waals surface area contributed by atoms with Gasteiger partial charge in [-0.1, -0.05) is 36.4 Å². The standard InChI is InChI=1S/C38H39FN4O3/c1-24-29(17-19-41-3)31-22-28(14-16-35(31)45-24)43(34-21-27(38(40)44)13-15-32(34)39)33-11-8-12-36-37(33)30(25(2)46-36)18-20-42(4)23-26-9-6-5-7-10-26/h5-16,21-22,41H,17-20,23H2,1-4H3,(H2,40,44). The third-order valence-electron chi connectivity index (χ3n) is 8.60. The number of nitrogens with one attached hydrogen (secondary N) is 1. The highest BCUT2D eigenvalue weighted by atomic mass is 19.1. The Labute approximate surface area is 268 Å². The lowest BCUT2D eigenvalue weighted by atomic mass is 10.0. The van der Waals surface area contributed by atoms with Gasteiger partial charge in [0, 0.05) is 46.2 Å². The number of carbonyl (C=O) groups excluding carboxylic acids is 1. The van der Waals surface area contributed by atoms with Gasteiger partial charge in [-0.05, 0) is 101 Å². The number of nitrogens with two attached hydrogens (primary N) is 1. The number of carbonyl (C=O) groups is 1. The Bertz CT molecular complexity index is 2010. The van der Waals surface area contributed by atoms with Gasteiger partial charge < -0.3 is 29.7 Å². The van der Waals surface area contributed by atoms with Crippen LogP contribution >= 0.6 is 0 Å². The summed E-state index contributed by atoms with van der Waals surface area (Å²) in [5, 5.41) is 5.07. The van der Waals surface area contributed by atoms with Gasteiger partial charge in [0.05, 0.1) is 11.4 Å². The van der Waals surface area contributed by atoms with Crippen molar-refractivity contribution >= 4 is 44.9 Å². The second-order valence-electron chi connectivity index (χ2n) is 11.8. The van der Waals surface area contributed by atoms with E-state index in [-0.39, 0.29) is 11.3 Å². The van der Waals surface area contributed by atoms with E-state index in [1.807, 2.05) is 68.3 Å². The van der Waals surface area contributed by atoms with Crippen LogP contribution in [0, 0.1) is 19.7 Å². The molecule has 2 aromatic heterocycles. The normalized spacial score (nSPS) is 11.6. The molecule has 6 aromatic rings. The van der Waals surface area contributed by atoms with Gasteiger partial charge in [0.25, 0.3) is 0 Å². The van der Waals surface area contributed by atoms with E-state index in [0.717, 1.165) is 82.9 Å². The van der Waals surface area contributed by atoms with Crippen molar-refractivity contribution in [3.63, 3.8) is 0 Å². The average Bonchev–Trinajstić information content (AvgIpc) is 3.54. The SMILES string of the molecule is CNCCc1c(C)oc2ccc(N(c3cc(C(N)=O)ccc3F)c3cccc4oc(C)c(CCN(C)Cc5ccccc5)c34)cc12. The molecule has 3 N–H and O–H groups in total. The van der Waals surface area contributed by atoms with Gasteiger partial charge in [-0.2, -0.15) is 0 Å². The summed E-state index contributed by atoms with van der Waals surface area (Å²) >= 11 is 0. The lowest BCUT2D eigenvalue weighted by Gasteiger charge is -2.27. The molecule has 0 spiro atoms. The number of halogens is 1. The van der Waals surface area contributed by atoms with Crippen molar-refractivity contribution in [3.05, 3.63) is 125 Å². The number of furan rings is 2. The fourth-order valence-corrected chi connectivity index (χ4v) is 6.28. The Morgan fingerprint density at radius 1 is 0.848 bits per heavy atom. The molecule has 0 unspecified atom stereocenters. The van der Waals surface area contributed by atoms with Gasteiger partial charge in [-0.25, -0.2) is 4.39 Å². The number of fused-ring (bicyclic) bond motifs is 2. The van der Waals surface area contributed by atoms with E-state index in [4.69, 9.17) is 14.6 Å². The van der Waals surface area contributed by atoms with Crippen LogP contribution in [0.2, 0.25) is 0 Å². The fourth-order valence-electron chi connectivity index (χ4n) is 6.28. The van der Waals surface area contributed by atoms with E-state index in [1.165, 1.54) is 23.8 Å². The van der Waals surface area contributed by atoms with Crippen LogP contribution in [-0.2, 0) is 19.4 Å². The molecule has 6 rings (SSSR count). The van der Waals surface area contributed by atoms with Crippen molar-refractivity contribution in [1.29, 1.82) is 0 Å². The number of nitrogens with zero attached hydrogens (tertiary/aromatic N) is 2. The highest BCUT2D eigenvalue weighted by molar-refractivity contribution is 6.02. The van der Waals surface area contributed by atoms with E-state index in [0.29, 0.717) is 5.58 Å². The number of rotatable bonds is 12. The van der Waals surface area contributed by atoms with Crippen LogP contribution in [0.15, 0.2) is 93.8 Å². The van der Waals surface area contributed by atoms with Crippen molar-refractivity contribution in [2.45, 2.75) is 33.2 Å². The lowest BCUT2D eigenvalue weighted by Crippen LogP contribution is -2.21. The average molecular weight is 619 g/mol. The van der Waals surface area contributed by atoms with Crippen molar-refractivity contribution < 1.29 is 18.0 Å². The van der Waals surface area contributed by atoms with Gasteiger partial charge in [0.1, 0.15) is 28.5 Å². The highest BCUT2D eigenvalue weighted by Crippen LogP contribution is 2.44. The first kappa shape index (κ1) is 31.1. The van der Waals surface area contributed by atoms with Crippen molar-refractivity contribution in [2.75, 3.05) is 32.1 Å². The maximum Gasteiger partial charge on any atom is 0.248 e. The lowest BCUT2D eigenvalue weighted by molar-refractivity contribution is 0.1000. The van der Waals surface area contributed by atoms with Crippen LogP contribution in [0.4, 0.5) is 21.5 Å². The van der Waals surface area contributed by atoms with E-state index in [2.05, 4.69) is 41.5 Å². The molecule has 0 fully saturated rings. The van der Waals surface area contributed by atoms with E-state index in [9.17, 15) is 4.79 Å². The van der Waals surface area contributed by atoms with Gasteiger partial charge in [0.2, 0.25) is 5.91 Å². The summed E-state index contributed by atoms with van der Waals surface area (Å²) in [6, 6.07) is 26.3. The van der Waals surface area contributed by atoms with E-state index >= 15 is 4.39 Å². The molecule has 2 heterocycles. The molecule has 0 radical (unpaired) electrons. The van der Waals surface area contributed by atoms with Gasteiger partial charge in [-0.15, -0.1) is 0 Å². The van der Waals surface area contributed by atoms with Gasteiger partial charge in [0.15, 0.2) is 0 Å². The molecule has 0 aliphatic heterocycles. The van der Waals surface area contributed by atoms with Crippen LogP contribution in [0.5, 0.6) is 0 Å². The topological polar surface area (TPSA) is 87.9 Å². The molecule has 4 aromatic carbocycles. The summed E-state index contributed by atoms with van der Waals surface area (Å²) in [7, 11) is 4.03. The highest BCUT2D eigenvalue weighted by Gasteiger charge is 2.25. The van der Waals surface area contributed by atoms with Gasteiger partial charge >= 0.3 is 0 Å². The summed E-state index contributed by atoms with van der Waals surface area (Å²) in [6.45, 7) is 6.34. The van der Waals surface area contributed by atoms with Crippen LogP contribution in [-0.4, -0.2) is 38.0 Å². The zero-order chi connectivity index (χ0) is 32.4. The largest absolute Gasteiger partial charge is 0.461 e. The Morgan fingerprint density at radius 3 is 2.37 bits per heavy atom. The number of primary amides is 1. The number of hydrogen-bond donors (Lipinski definition) is 2. The number of benzene rings is 4. The second-order valence-corrected chi connectivity index (χ2v) is 11.8. The van der Waals surface area contributed by atoms with Crippen LogP contribution in [0.25, 0.3) is 21.9 Å². The summed E-state index contributed by atoms with van der Waals surface area (Å²) < 4.78 is 28.3. The monoisotopic (exact) mass is 618 g/mol. The Balaban J connectivity index is 1.50. The maximum absolute atomic E-state index is 15.9. The second kappa shape index (κ2) is 13.2. The smallest absolute Gasteiger partial charge is 0.248 e. The number of anilines is 3. The summed E-state index contributed by atoms with van der Waals surface area (Å²) in [6.07, 6.45) is 1.51. The summed E-state index contributed by atoms with van der Waals surface area (Å²) in [5.74, 6) is 0.559. The molecule has 0 atom stereocenters. The molecule has 0 aliphatic carbocycles.